The number of rotatable bonds is 1. The minimum absolute atomic E-state index is 0.0941. The minimum atomic E-state index is -1.30. The van der Waals surface area contributed by atoms with Gasteiger partial charge in [-0.1, -0.05) is 0 Å². The van der Waals surface area contributed by atoms with E-state index in [9.17, 15) is 15.3 Å². The highest BCUT2D eigenvalue weighted by Crippen LogP contribution is 2.27. The van der Waals surface area contributed by atoms with Crippen LogP contribution in [0.2, 0.25) is 0 Å². The van der Waals surface area contributed by atoms with E-state index in [0.717, 1.165) is 0 Å². The number of nitrogen functional groups attached to an aromatic ring is 1. The topological polar surface area (TPSA) is 140 Å². The number of anilines is 1. The number of imidazole rings is 1. The average molecular weight is 267 g/mol. The third-order valence-corrected chi connectivity index (χ3v) is 3.14. The van der Waals surface area contributed by atoms with Crippen molar-refractivity contribution in [3.63, 3.8) is 0 Å². The molecular weight excluding hydrogens is 254 g/mol. The summed E-state index contributed by atoms with van der Waals surface area (Å²) in [5.74, 6) is 0.217. The standard InChI is InChI=1S/C10H13N5O4/c11-8-5-9(13-2-12-8)15(3-14-5)10-7(18)6(17)4(16)1-19-10/h2-4,6-7,10,16-18H,1H2,(H2,11,12,13)/t4-,6-,7-,10?/m1/s1. The van der Waals surface area contributed by atoms with Gasteiger partial charge in [0.1, 0.15) is 30.2 Å². The van der Waals surface area contributed by atoms with Crippen LogP contribution >= 0.6 is 0 Å². The van der Waals surface area contributed by atoms with Crippen LogP contribution in [-0.2, 0) is 4.74 Å². The molecule has 1 fully saturated rings. The molecule has 3 heterocycles. The van der Waals surface area contributed by atoms with E-state index in [1.807, 2.05) is 0 Å². The van der Waals surface area contributed by atoms with Crippen molar-refractivity contribution in [2.45, 2.75) is 24.5 Å². The number of aromatic nitrogens is 4. The molecule has 9 heteroatoms. The lowest BCUT2D eigenvalue weighted by atomic mass is 10.0. The molecule has 1 unspecified atom stereocenters. The average Bonchev–Trinajstić information content (AvgIpc) is 2.82. The highest BCUT2D eigenvalue weighted by atomic mass is 16.5. The maximum Gasteiger partial charge on any atom is 0.167 e. The molecule has 19 heavy (non-hydrogen) atoms. The highest BCUT2D eigenvalue weighted by Gasteiger charge is 2.39. The maximum absolute atomic E-state index is 9.95. The first-order chi connectivity index (χ1) is 9.09. The number of fused-ring (bicyclic) bond motifs is 1. The third-order valence-electron chi connectivity index (χ3n) is 3.14. The van der Waals surface area contributed by atoms with Gasteiger partial charge in [0.2, 0.25) is 0 Å². The number of hydrogen-bond acceptors (Lipinski definition) is 8. The minimum Gasteiger partial charge on any atom is -0.388 e. The number of aliphatic hydroxyl groups is 3. The Labute approximate surface area is 107 Å². The Bertz CT molecular complexity index is 603. The van der Waals surface area contributed by atoms with Crippen LogP contribution in [-0.4, -0.2) is 59.8 Å². The summed E-state index contributed by atoms with van der Waals surface area (Å²) >= 11 is 0. The van der Waals surface area contributed by atoms with Crippen molar-refractivity contribution in [1.82, 2.24) is 19.5 Å². The molecule has 3 rings (SSSR count). The van der Waals surface area contributed by atoms with Gasteiger partial charge < -0.3 is 25.8 Å². The Morgan fingerprint density at radius 2 is 2.00 bits per heavy atom. The number of nitrogens with zero attached hydrogens (tertiary/aromatic N) is 4. The van der Waals surface area contributed by atoms with Gasteiger partial charge in [0, 0.05) is 0 Å². The summed E-state index contributed by atoms with van der Waals surface area (Å²) in [5.41, 5.74) is 6.44. The zero-order chi connectivity index (χ0) is 13.6. The van der Waals surface area contributed by atoms with Gasteiger partial charge in [0.05, 0.1) is 12.9 Å². The Balaban J connectivity index is 2.03. The molecule has 0 saturated carbocycles. The Kier molecular flexibility index (Phi) is 2.82. The molecule has 0 amide bonds. The number of hydrogen-bond donors (Lipinski definition) is 4. The number of aliphatic hydroxyl groups excluding tert-OH is 3. The third kappa shape index (κ3) is 1.83. The molecule has 102 valence electrons. The van der Waals surface area contributed by atoms with Gasteiger partial charge in [-0.3, -0.25) is 4.57 Å². The second-order valence-corrected chi connectivity index (χ2v) is 4.36. The van der Waals surface area contributed by atoms with E-state index >= 15 is 0 Å². The smallest absolute Gasteiger partial charge is 0.167 e. The second-order valence-electron chi connectivity index (χ2n) is 4.36. The van der Waals surface area contributed by atoms with E-state index < -0.39 is 24.5 Å². The summed E-state index contributed by atoms with van der Waals surface area (Å²) in [5, 5.41) is 29.0. The molecular formula is C10H13N5O4. The lowest BCUT2D eigenvalue weighted by Gasteiger charge is -2.35. The fourth-order valence-corrected chi connectivity index (χ4v) is 2.09. The molecule has 9 nitrogen and oxygen atoms in total. The zero-order valence-electron chi connectivity index (χ0n) is 9.79. The first kappa shape index (κ1) is 12.2. The van der Waals surface area contributed by atoms with Gasteiger partial charge in [0.25, 0.3) is 0 Å². The fourth-order valence-electron chi connectivity index (χ4n) is 2.09. The molecule has 4 atom stereocenters. The summed E-state index contributed by atoms with van der Waals surface area (Å²) in [7, 11) is 0. The van der Waals surface area contributed by atoms with Crippen LogP contribution in [0.1, 0.15) is 6.23 Å². The molecule has 0 aromatic carbocycles. The van der Waals surface area contributed by atoms with E-state index in [1.54, 1.807) is 0 Å². The molecule has 0 spiro atoms. The van der Waals surface area contributed by atoms with Crippen LogP contribution < -0.4 is 5.73 Å². The first-order valence-corrected chi connectivity index (χ1v) is 5.68. The van der Waals surface area contributed by atoms with Crippen LogP contribution in [0.15, 0.2) is 12.7 Å². The van der Waals surface area contributed by atoms with Crippen LogP contribution in [0, 0.1) is 0 Å². The van der Waals surface area contributed by atoms with Gasteiger partial charge in [-0.25, -0.2) is 15.0 Å². The molecule has 2 aromatic rings. The zero-order valence-corrected chi connectivity index (χ0v) is 9.79. The lowest BCUT2D eigenvalue weighted by molar-refractivity contribution is -0.210. The molecule has 1 saturated heterocycles. The van der Waals surface area contributed by atoms with E-state index in [-0.39, 0.29) is 12.4 Å². The van der Waals surface area contributed by atoms with Gasteiger partial charge in [-0.15, -0.1) is 0 Å². The Morgan fingerprint density at radius 1 is 1.21 bits per heavy atom. The van der Waals surface area contributed by atoms with Crippen LogP contribution in [0.3, 0.4) is 0 Å². The van der Waals surface area contributed by atoms with Gasteiger partial charge >= 0.3 is 0 Å². The second kappa shape index (κ2) is 4.38. The summed E-state index contributed by atoms with van der Waals surface area (Å²) in [4.78, 5) is 11.9. The van der Waals surface area contributed by atoms with Crippen molar-refractivity contribution < 1.29 is 20.1 Å². The quantitative estimate of drug-likeness (QED) is 0.466. The monoisotopic (exact) mass is 267 g/mol. The van der Waals surface area contributed by atoms with E-state index in [4.69, 9.17) is 10.5 Å². The molecule has 0 radical (unpaired) electrons. The van der Waals surface area contributed by atoms with Crippen molar-refractivity contribution in [3.05, 3.63) is 12.7 Å². The first-order valence-electron chi connectivity index (χ1n) is 5.68. The SMILES string of the molecule is Nc1ncnc2c1ncn2C1OC[C@@H](O)[C@@H](O)[C@H]1O. The van der Waals surface area contributed by atoms with Crippen molar-refractivity contribution in [2.75, 3.05) is 12.3 Å². The van der Waals surface area contributed by atoms with Crippen molar-refractivity contribution in [1.29, 1.82) is 0 Å². The Morgan fingerprint density at radius 3 is 2.79 bits per heavy atom. The highest BCUT2D eigenvalue weighted by molar-refractivity contribution is 5.81. The largest absolute Gasteiger partial charge is 0.388 e. The predicted octanol–water partition coefficient (Wildman–Crippen LogP) is -1.98. The normalized spacial score (nSPS) is 31.7. The molecule has 1 aliphatic rings. The number of ether oxygens (including phenoxy) is 1. The van der Waals surface area contributed by atoms with Crippen LogP contribution in [0.25, 0.3) is 11.2 Å². The lowest BCUT2D eigenvalue weighted by Crippen LogP contribution is -2.50. The molecule has 1 aliphatic heterocycles. The van der Waals surface area contributed by atoms with Gasteiger partial charge in [0.15, 0.2) is 17.7 Å². The maximum atomic E-state index is 9.95. The predicted molar refractivity (Wildman–Crippen MR) is 62.7 cm³/mol. The van der Waals surface area contributed by atoms with Crippen LogP contribution in [0.5, 0.6) is 0 Å². The van der Waals surface area contributed by atoms with Crippen LogP contribution in [0.4, 0.5) is 5.82 Å². The molecule has 0 aliphatic carbocycles. The van der Waals surface area contributed by atoms with E-state index in [1.165, 1.54) is 17.2 Å². The van der Waals surface area contributed by atoms with Gasteiger partial charge in [-0.2, -0.15) is 0 Å². The van der Waals surface area contributed by atoms with E-state index in [2.05, 4.69) is 15.0 Å². The van der Waals surface area contributed by atoms with Gasteiger partial charge in [-0.05, 0) is 0 Å². The fraction of sp³-hybridized carbons (Fsp3) is 0.500. The summed E-state index contributed by atoms with van der Waals surface area (Å²) in [6.07, 6.45) is -1.93. The molecule has 2 aromatic heterocycles. The van der Waals surface area contributed by atoms with Crippen molar-refractivity contribution >= 4 is 17.0 Å². The molecule has 0 bridgehead atoms. The van der Waals surface area contributed by atoms with Crippen molar-refractivity contribution in [3.8, 4) is 0 Å². The van der Waals surface area contributed by atoms with E-state index in [0.29, 0.717) is 11.2 Å². The Hall–Kier alpha value is -1.81. The number of nitrogens with two attached hydrogens (primary N) is 1. The summed E-state index contributed by atoms with van der Waals surface area (Å²) < 4.78 is 6.78. The summed E-state index contributed by atoms with van der Waals surface area (Å²) in [6.45, 7) is -0.0941. The summed E-state index contributed by atoms with van der Waals surface area (Å²) in [6, 6.07) is 0. The molecule has 5 N–H and O–H groups in total. The van der Waals surface area contributed by atoms with Crippen molar-refractivity contribution in [2.24, 2.45) is 0 Å².